The summed E-state index contributed by atoms with van der Waals surface area (Å²) in [6.07, 6.45) is 7.75. The van der Waals surface area contributed by atoms with Gasteiger partial charge in [0, 0.05) is 12.2 Å². The number of anilines is 1. The van der Waals surface area contributed by atoms with Crippen molar-refractivity contribution in [1.82, 2.24) is 0 Å². The Hall–Kier alpha value is -1.50. The molecule has 0 radical (unpaired) electrons. The largest absolute Gasteiger partial charge is 0.385 e. The molecule has 0 aromatic heterocycles. The molecule has 0 saturated carbocycles. The molecule has 0 atom stereocenters. The molecule has 1 aromatic rings. The summed E-state index contributed by atoms with van der Waals surface area (Å²) in [4.78, 5) is 0. The van der Waals surface area contributed by atoms with Gasteiger partial charge >= 0.3 is 0 Å². The van der Waals surface area contributed by atoms with Crippen molar-refractivity contribution in [3.05, 3.63) is 47.6 Å². The van der Waals surface area contributed by atoms with Crippen LogP contribution in [0.2, 0.25) is 0 Å². The summed E-state index contributed by atoms with van der Waals surface area (Å²) in [5.41, 5.74) is 5.24. The molecule has 1 aliphatic carbocycles. The van der Waals surface area contributed by atoms with E-state index in [-0.39, 0.29) is 0 Å². The van der Waals surface area contributed by atoms with Crippen molar-refractivity contribution in [2.24, 2.45) is 5.92 Å². The van der Waals surface area contributed by atoms with Crippen LogP contribution in [-0.4, -0.2) is 6.54 Å². The fourth-order valence-electron chi connectivity index (χ4n) is 1.98. The Kier molecular flexibility index (Phi) is 3.68. The molecule has 0 heterocycles. The molecular weight excluding hydrogens is 206 g/mol. The van der Waals surface area contributed by atoms with E-state index in [1.54, 1.807) is 0 Å². The van der Waals surface area contributed by atoms with E-state index in [0.717, 1.165) is 13.0 Å². The van der Waals surface area contributed by atoms with E-state index in [0.29, 0.717) is 5.92 Å². The molecule has 0 saturated heterocycles. The van der Waals surface area contributed by atoms with Crippen molar-refractivity contribution >= 4 is 11.3 Å². The zero-order valence-electron chi connectivity index (χ0n) is 11.0. The number of aryl methyl sites for hydroxylation is 1. The standard InChI is InChI=1S/C16H21N/c1-12(2)11-17-16-10-15(9-8-13(16)3)14-6-4-5-7-14/h4,6-10,12,17H,5,11H2,1-3H3. The topological polar surface area (TPSA) is 12.0 Å². The Bertz CT molecular complexity index is 453. The monoisotopic (exact) mass is 227 g/mol. The van der Waals surface area contributed by atoms with Gasteiger partial charge in [-0.3, -0.25) is 0 Å². The van der Waals surface area contributed by atoms with Crippen LogP contribution in [0.5, 0.6) is 0 Å². The molecule has 0 bridgehead atoms. The van der Waals surface area contributed by atoms with Gasteiger partial charge in [-0.05, 0) is 42.0 Å². The second kappa shape index (κ2) is 5.22. The van der Waals surface area contributed by atoms with E-state index in [1.807, 2.05) is 0 Å². The highest BCUT2D eigenvalue weighted by Gasteiger charge is 2.05. The van der Waals surface area contributed by atoms with Crippen LogP contribution in [-0.2, 0) is 0 Å². The van der Waals surface area contributed by atoms with Gasteiger partial charge < -0.3 is 5.32 Å². The first-order valence-electron chi connectivity index (χ1n) is 6.38. The average molecular weight is 227 g/mol. The van der Waals surface area contributed by atoms with E-state index in [2.05, 4.69) is 62.5 Å². The molecule has 0 amide bonds. The first-order chi connectivity index (χ1) is 8.16. The van der Waals surface area contributed by atoms with Crippen LogP contribution < -0.4 is 5.32 Å². The van der Waals surface area contributed by atoms with Gasteiger partial charge in [-0.15, -0.1) is 0 Å². The SMILES string of the molecule is Cc1ccc(C2=CCC=C2)cc1NCC(C)C. The van der Waals surface area contributed by atoms with Crippen LogP contribution in [0.15, 0.2) is 36.4 Å². The summed E-state index contributed by atoms with van der Waals surface area (Å²) >= 11 is 0. The number of hydrogen-bond donors (Lipinski definition) is 1. The Balaban J connectivity index is 2.20. The van der Waals surface area contributed by atoms with E-state index in [4.69, 9.17) is 0 Å². The Morgan fingerprint density at radius 3 is 2.76 bits per heavy atom. The minimum absolute atomic E-state index is 0.670. The van der Waals surface area contributed by atoms with E-state index in [9.17, 15) is 0 Å². The molecule has 0 aliphatic heterocycles. The summed E-state index contributed by atoms with van der Waals surface area (Å²) in [6, 6.07) is 6.67. The minimum Gasteiger partial charge on any atom is -0.385 e. The summed E-state index contributed by atoms with van der Waals surface area (Å²) in [6.45, 7) is 7.65. The van der Waals surface area contributed by atoms with Crippen LogP contribution >= 0.6 is 0 Å². The molecule has 1 nitrogen and oxygen atoms in total. The van der Waals surface area contributed by atoms with Crippen molar-refractivity contribution in [2.75, 3.05) is 11.9 Å². The molecule has 0 unspecified atom stereocenters. The molecule has 1 N–H and O–H groups in total. The zero-order chi connectivity index (χ0) is 12.3. The van der Waals surface area contributed by atoms with Crippen LogP contribution in [0.4, 0.5) is 5.69 Å². The van der Waals surface area contributed by atoms with Gasteiger partial charge in [-0.25, -0.2) is 0 Å². The number of rotatable bonds is 4. The van der Waals surface area contributed by atoms with Crippen LogP contribution in [0.3, 0.4) is 0 Å². The minimum atomic E-state index is 0.670. The molecule has 90 valence electrons. The van der Waals surface area contributed by atoms with Crippen LogP contribution in [0.25, 0.3) is 5.57 Å². The van der Waals surface area contributed by atoms with Crippen LogP contribution in [0.1, 0.15) is 31.4 Å². The van der Waals surface area contributed by atoms with Gasteiger partial charge in [0.1, 0.15) is 0 Å². The molecule has 17 heavy (non-hydrogen) atoms. The van der Waals surface area contributed by atoms with E-state index < -0.39 is 0 Å². The van der Waals surface area contributed by atoms with Crippen molar-refractivity contribution in [2.45, 2.75) is 27.2 Å². The van der Waals surface area contributed by atoms with Gasteiger partial charge in [0.25, 0.3) is 0 Å². The van der Waals surface area contributed by atoms with Gasteiger partial charge in [-0.2, -0.15) is 0 Å². The third-order valence-electron chi connectivity index (χ3n) is 3.04. The van der Waals surface area contributed by atoms with Crippen molar-refractivity contribution in [3.63, 3.8) is 0 Å². The molecule has 1 aliphatic rings. The number of allylic oxidation sites excluding steroid dienone is 4. The quantitative estimate of drug-likeness (QED) is 0.803. The third-order valence-corrected chi connectivity index (χ3v) is 3.04. The molecule has 0 spiro atoms. The average Bonchev–Trinajstić information content (AvgIpc) is 2.81. The maximum atomic E-state index is 3.52. The highest BCUT2D eigenvalue weighted by atomic mass is 14.9. The highest BCUT2D eigenvalue weighted by molar-refractivity contribution is 5.78. The number of benzene rings is 1. The summed E-state index contributed by atoms with van der Waals surface area (Å²) in [5, 5.41) is 3.52. The smallest absolute Gasteiger partial charge is 0.0376 e. The second-order valence-corrected chi connectivity index (χ2v) is 5.10. The maximum Gasteiger partial charge on any atom is 0.0376 e. The molecule has 1 heteroatoms. The third kappa shape index (κ3) is 3.00. The van der Waals surface area contributed by atoms with Crippen molar-refractivity contribution < 1.29 is 0 Å². The summed E-state index contributed by atoms with van der Waals surface area (Å²) in [5.74, 6) is 0.670. The van der Waals surface area contributed by atoms with Crippen molar-refractivity contribution in [3.8, 4) is 0 Å². The van der Waals surface area contributed by atoms with Gasteiger partial charge in [-0.1, -0.05) is 44.2 Å². The normalized spacial score (nSPS) is 14.2. The van der Waals surface area contributed by atoms with Crippen LogP contribution in [0, 0.1) is 12.8 Å². The first-order valence-corrected chi connectivity index (χ1v) is 6.38. The first kappa shape index (κ1) is 12.0. The number of hydrogen-bond acceptors (Lipinski definition) is 1. The number of nitrogens with one attached hydrogen (secondary N) is 1. The lowest BCUT2D eigenvalue weighted by Crippen LogP contribution is -2.09. The van der Waals surface area contributed by atoms with Gasteiger partial charge in [0.2, 0.25) is 0 Å². The Morgan fingerprint density at radius 2 is 2.12 bits per heavy atom. The molecule has 2 rings (SSSR count). The highest BCUT2D eigenvalue weighted by Crippen LogP contribution is 2.26. The van der Waals surface area contributed by atoms with Gasteiger partial charge in [0.05, 0.1) is 0 Å². The fraction of sp³-hybridized carbons (Fsp3) is 0.375. The summed E-state index contributed by atoms with van der Waals surface area (Å²) in [7, 11) is 0. The lowest BCUT2D eigenvalue weighted by Gasteiger charge is -2.13. The molecule has 1 aromatic carbocycles. The molecule has 0 fully saturated rings. The predicted octanol–water partition coefficient (Wildman–Crippen LogP) is 4.41. The fourth-order valence-corrected chi connectivity index (χ4v) is 1.98. The van der Waals surface area contributed by atoms with Gasteiger partial charge in [0.15, 0.2) is 0 Å². The molecular formula is C16H21N. The Labute approximate surface area is 104 Å². The van der Waals surface area contributed by atoms with Crippen molar-refractivity contribution in [1.29, 1.82) is 0 Å². The maximum absolute atomic E-state index is 3.52. The lowest BCUT2D eigenvalue weighted by molar-refractivity contribution is 0.688. The van der Waals surface area contributed by atoms with E-state index >= 15 is 0 Å². The lowest BCUT2D eigenvalue weighted by atomic mass is 10.0. The Morgan fingerprint density at radius 1 is 1.29 bits per heavy atom. The van der Waals surface area contributed by atoms with E-state index in [1.165, 1.54) is 22.4 Å². The summed E-state index contributed by atoms with van der Waals surface area (Å²) < 4.78 is 0. The second-order valence-electron chi connectivity index (χ2n) is 5.10. The predicted molar refractivity (Wildman–Crippen MR) is 76.2 cm³/mol. The zero-order valence-corrected chi connectivity index (χ0v) is 11.0.